The molecule has 1 atom stereocenters. The summed E-state index contributed by atoms with van der Waals surface area (Å²) in [5.41, 5.74) is 6.41. The molecule has 1 fully saturated rings. The highest BCUT2D eigenvalue weighted by Crippen LogP contribution is 2.12. The van der Waals surface area contributed by atoms with Crippen LogP contribution in [0.25, 0.3) is 0 Å². The zero-order valence-corrected chi connectivity index (χ0v) is 15.0. The van der Waals surface area contributed by atoms with E-state index in [0.29, 0.717) is 17.9 Å². The van der Waals surface area contributed by atoms with Gasteiger partial charge in [0.1, 0.15) is 0 Å². The Morgan fingerprint density at radius 2 is 2.04 bits per heavy atom. The van der Waals surface area contributed by atoms with Crippen LogP contribution >= 0.6 is 12.4 Å². The number of carbonyl (C=O) groups is 1. The third kappa shape index (κ3) is 6.64. The molecule has 1 heterocycles. The molecule has 0 bridgehead atoms. The van der Waals surface area contributed by atoms with Gasteiger partial charge >= 0.3 is 0 Å². The predicted molar refractivity (Wildman–Crippen MR) is 95.8 cm³/mol. The minimum atomic E-state index is -3.44. The van der Waals surface area contributed by atoms with Gasteiger partial charge in [0.05, 0.1) is 17.4 Å². The van der Waals surface area contributed by atoms with Gasteiger partial charge in [-0.15, -0.1) is 12.4 Å². The van der Waals surface area contributed by atoms with Gasteiger partial charge in [0, 0.05) is 25.4 Å². The topological polar surface area (TPSA) is 111 Å². The molecule has 0 spiro atoms. The van der Waals surface area contributed by atoms with E-state index >= 15 is 0 Å². The van der Waals surface area contributed by atoms with Gasteiger partial charge in [0.15, 0.2) is 0 Å². The van der Waals surface area contributed by atoms with Crippen LogP contribution in [0, 0.1) is 0 Å². The molecule has 0 radical (unpaired) electrons. The van der Waals surface area contributed by atoms with Crippen LogP contribution < -0.4 is 15.8 Å². The summed E-state index contributed by atoms with van der Waals surface area (Å²) in [5, 5.41) is 2.56. The second-order valence-electron chi connectivity index (χ2n) is 5.50. The van der Waals surface area contributed by atoms with Crippen LogP contribution in [0.4, 0.5) is 5.69 Å². The maximum absolute atomic E-state index is 11.9. The summed E-state index contributed by atoms with van der Waals surface area (Å²) in [6.45, 7) is 0.983. The molecule has 1 aliphatic rings. The summed E-state index contributed by atoms with van der Waals surface area (Å²) in [4.78, 5) is 11.9. The largest absolute Gasteiger partial charge is 0.398 e. The highest BCUT2D eigenvalue weighted by molar-refractivity contribution is 7.89. The molecule has 0 saturated carbocycles. The molecular formula is C15H24ClN3O4S. The van der Waals surface area contributed by atoms with Gasteiger partial charge in [-0.2, -0.15) is 0 Å². The summed E-state index contributed by atoms with van der Waals surface area (Å²) in [6, 6.07) is 6.65. The average molecular weight is 378 g/mol. The van der Waals surface area contributed by atoms with Gasteiger partial charge < -0.3 is 15.8 Å². The Kier molecular flexibility index (Phi) is 8.47. The summed E-state index contributed by atoms with van der Waals surface area (Å²) in [6.07, 6.45) is 2.89. The van der Waals surface area contributed by atoms with Crippen molar-refractivity contribution in [1.29, 1.82) is 0 Å². The zero-order valence-electron chi connectivity index (χ0n) is 13.4. The van der Waals surface area contributed by atoms with Crippen LogP contribution in [0.1, 0.15) is 29.6 Å². The fourth-order valence-corrected chi connectivity index (χ4v) is 3.31. The normalized spacial score (nSPS) is 17.8. The maximum atomic E-state index is 11.9. The number of benzene rings is 1. The van der Waals surface area contributed by atoms with Crippen LogP contribution in [-0.4, -0.2) is 45.9 Å². The summed E-state index contributed by atoms with van der Waals surface area (Å²) >= 11 is 0. The fraction of sp³-hybridized carbons (Fsp3) is 0.533. The SMILES string of the molecule is Cl.Nc1ccccc1C(=O)NCCS(=O)(=O)NCC1CCCCO1. The maximum Gasteiger partial charge on any atom is 0.253 e. The standard InChI is InChI=1S/C15H23N3O4S.ClH/c16-14-7-2-1-6-13(14)15(19)17-8-10-23(20,21)18-11-12-5-3-4-9-22-12;/h1-2,6-7,12,18H,3-5,8-11,16H2,(H,17,19);1H. The van der Waals surface area contributed by atoms with Crippen molar-refractivity contribution >= 4 is 34.0 Å². The number of nitrogens with one attached hydrogen (secondary N) is 2. The lowest BCUT2D eigenvalue weighted by Gasteiger charge is -2.22. The smallest absolute Gasteiger partial charge is 0.253 e. The van der Waals surface area contributed by atoms with E-state index in [-0.39, 0.29) is 43.3 Å². The molecular weight excluding hydrogens is 354 g/mol. The van der Waals surface area contributed by atoms with Crippen LogP contribution in [0.3, 0.4) is 0 Å². The Labute approximate surface area is 148 Å². The quantitative estimate of drug-likeness (QED) is 0.611. The van der Waals surface area contributed by atoms with E-state index in [1.807, 2.05) is 0 Å². The Morgan fingerprint density at radius 3 is 2.71 bits per heavy atom. The van der Waals surface area contributed by atoms with Gasteiger partial charge in [0.25, 0.3) is 5.91 Å². The van der Waals surface area contributed by atoms with Gasteiger partial charge in [0.2, 0.25) is 10.0 Å². The number of rotatable bonds is 7. The molecule has 136 valence electrons. The van der Waals surface area contributed by atoms with E-state index in [1.54, 1.807) is 24.3 Å². The van der Waals surface area contributed by atoms with Gasteiger partial charge in [-0.25, -0.2) is 13.1 Å². The number of nitrogen functional groups attached to an aromatic ring is 1. The molecule has 2 rings (SSSR count). The molecule has 24 heavy (non-hydrogen) atoms. The number of anilines is 1. The Morgan fingerprint density at radius 1 is 1.29 bits per heavy atom. The first-order valence-corrected chi connectivity index (χ1v) is 9.35. The third-order valence-electron chi connectivity index (χ3n) is 3.67. The van der Waals surface area contributed by atoms with E-state index in [4.69, 9.17) is 10.5 Å². The van der Waals surface area contributed by atoms with Crippen molar-refractivity contribution in [3.63, 3.8) is 0 Å². The second kappa shape index (κ2) is 9.83. The van der Waals surface area contributed by atoms with Crippen molar-refractivity contribution in [2.75, 3.05) is 31.2 Å². The number of sulfonamides is 1. The second-order valence-corrected chi connectivity index (χ2v) is 7.43. The van der Waals surface area contributed by atoms with Crippen molar-refractivity contribution in [2.45, 2.75) is 25.4 Å². The predicted octanol–water partition coefficient (Wildman–Crippen LogP) is 0.909. The van der Waals surface area contributed by atoms with Crippen molar-refractivity contribution in [1.82, 2.24) is 10.0 Å². The summed E-state index contributed by atoms with van der Waals surface area (Å²) < 4.78 is 31.8. The first-order chi connectivity index (χ1) is 11.0. The molecule has 1 amide bonds. The zero-order chi connectivity index (χ0) is 16.7. The lowest BCUT2D eigenvalue weighted by atomic mass is 10.1. The molecule has 1 aliphatic heterocycles. The number of hydrogen-bond donors (Lipinski definition) is 3. The average Bonchev–Trinajstić information content (AvgIpc) is 2.54. The minimum absolute atomic E-state index is 0. The fourth-order valence-electron chi connectivity index (χ4n) is 2.36. The van der Waals surface area contributed by atoms with Crippen molar-refractivity contribution in [3.8, 4) is 0 Å². The number of nitrogens with two attached hydrogens (primary N) is 1. The number of para-hydroxylation sites is 1. The van der Waals surface area contributed by atoms with E-state index in [1.165, 1.54) is 0 Å². The van der Waals surface area contributed by atoms with Crippen LogP contribution in [0.15, 0.2) is 24.3 Å². The molecule has 1 aromatic carbocycles. The number of carbonyl (C=O) groups excluding carboxylic acids is 1. The Balaban J connectivity index is 0.00000288. The summed E-state index contributed by atoms with van der Waals surface area (Å²) in [7, 11) is -3.44. The monoisotopic (exact) mass is 377 g/mol. The van der Waals surface area contributed by atoms with E-state index in [9.17, 15) is 13.2 Å². The highest BCUT2D eigenvalue weighted by Gasteiger charge is 2.18. The van der Waals surface area contributed by atoms with Crippen molar-refractivity contribution in [2.24, 2.45) is 0 Å². The van der Waals surface area contributed by atoms with Crippen molar-refractivity contribution < 1.29 is 17.9 Å². The molecule has 0 aliphatic carbocycles. The number of ether oxygens (including phenoxy) is 1. The van der Waals surface area contributed by atoms with E-state index in [2.05, 4.69) is 10.0 Å². The van der Waals surface area contributed by atoms with Gasteiger partial charge in [-0.1, -0.05) is 12.1 Å². The molecule has 0 aromatic heterocycles. The number of halogens is 1. The van der Waals surface area contributed by atoms with E-state index in [0.717, 1.165) is 19.3 Å². The number of amides is 1. The lowest BCUT2D eigenvalue weighted by molar-refractivity contribution is 0.0200. The molecule has 9 heteroatoms. The molecule has 1 saturated heterocycles. The molecule has 4 N–H and O–H groups in total. The lowest BCUT2D eigenvalue weighted by Crippen LogP contribution is -2.39. The first kappa shape index (κ1) is 20.7. The van der Waals surface area contributed by atoms with Crippen LogP contribution in [0.5, 0.6) is 0 Å². The molecule has 1 unspecified atom stereocenters. The van der Waals surface area contributed by atoms with Crippen LogP contribution in [-0.2, 0) is 14.8 Å². The Bertz CT molecular complexity index is 633. The first-order valence-electron chi connectivity index (χ1n) is 7.69. The Hall–Kier alpha value is -1.35. The highest BCUT2D eigenvalue weighted by atomic mass is 35.5. The van der Waals surface area contributed by atoms with E-state index < -0.39 is 10.0 Å². The molecule has 7 nitrogen and oxygen atoms in total. The van der Waals surface area contributed by atoms with Crippen LogP contribution in [0.2, 0.25) is 0 Å². The number of hydrogen-bond acceptors (Lipinski definition) is 5. The minimum Gasteiger partial charge on any atom is -0.398 e. The van der Waals surface area contributed by atoms with Gasteiger partial charge in [-0.3, -0.25) is 4.79 Å². The third-order valence-corrected chi connectivity index (χ3v) is 5.01. The summed E-state index contributed by atoms with van der Waals surface area (Å²) in [5.74, 6) is -0.563. The van der Waals surface area contributed by atoms with Gasteiger partial charge in [-0.05, 0) is 31.4 Å². The molecule has 1 aromatic rings. The van der Waals surface area contributed by atoms with Crippen molar-refractivity contribution in [3.05, 3.63) is 29.8 Å².